The fourth-order valence-corrected chi connectivity index (χ4v) is 0.890. The van der Waals surface area contributed by atoms with Crippen LogP contribution in [0.15, 0.2) is 23.2 Å². The SMILES string of the molecule is CC.Cc1coc2ncncc12. The number of rotatable bonds is 0. The number of furan rings is 1. The second-order valence-corrected chi connectivity index (χ2v) is 2.16. The summed E-state index contributed by atoms with van der Waals surface area (Å²) in [6, 6.07) is 0. The highest BCUT2D eigenvalue weighted by Gasteiger charge is 1.99. The van der Waals surface area contributed by atoms with Crippen molar-refractivity contribution in [1.82, 2.24) is 9.97 Å². The molecule has 3 heteroatoms. The van der Waals surface area contributed by atoms with Crippen molar-refractivity contribution in [3.05, 3.63) is 24.4 Å². The summed E-state index contributed by atoms with van der Waals surface area (Å²) in [7, 11) is 0. The lowest BCUT2D eigenvalue weighted by Gasteiger charge is -1.83. The second kappa shape index (κ2) is 3.85. The van der Waals surface area contributed by atoms with Crippen LogP contribution in [0.1, 0.15) is 19.4 Å². The topological polar surface area (TPSA) is 38.9 Å². The van der Waals surface area contributed by atoms with Gasteiger partial charge >= 0.3 is 0 Å². The van der Waals surface area contributed by atoms with Gasteiger partial charge < -0.3 is 4.42 Å². The van der Waals surface area contributed by atoms with E-state index in [0.717, 1.165) is 10.9 Å². The van der Waals surface area contributed by atoms with Crippen LogP contribution in [0, 0.1) is 6.92 Å². The third kappa shape index (κ3) is 1.44. The van der Waals surface area contributed by atoms with Gasteiger partial charge in [0.05, 0.1) is 11.6 Å². The Labute approximate surface area is 71.4 Å². The van der Waals surface area contributed by atoms with E-state index in [1.165, 1.54) is 6.33 Å². The van der Waals surface area contributed by atoms with E-state index in [1.807, 2.05) is 20.8 Å². The molecule has 0 spiro atoms. The molecular weight excluding hydrogens is 152 g/mol. The summed E-state index contributed by atoms with van der Waals surface area (Å²) in [6.45, 7) is 5.97. The molecule has 0 saturated carbocycles. The lowest BCUT2D eigenvalue weighted by atomic mass is 10.3. The summed E-state index contributed by atoms with van der Waals surface area (Å²) in [5.41, 5.74) is 1.74. The van der Waals surface area contributed by atoms with Crippen LogP contribution in [-0.4, -0.2) is 9.97 Å². The van der Waals surface area contributed by atoms with Crippen LogP contribution in [0.2, 0.25) is 0 Å². The molecule has 0 radical (unpaired) electrons. The van der Waals surface area contributed by atoms with Gasteiger partial charge in [0.2, 0.25) is 5.71 Å². The van der Waals surface area contributed by atoms with Crippen LogP contribution in [0.3, 0.4) is 0 Å². The second-order valence-electron chi connectivity index (χ2n) is 2.16. The molecule has 0 atom stereocenters. The number of hydrogen-bond donors (Lipinski definition) is 0. The normalized spacial score (nSPS) is 9.25. The molecule has 0 saturated heterocycles. The molecule has 0 fully saturated rings. The van der Waals surface area contributed by atoms with Gasteiger partial charge in [-0.15, -0.1) is 0 Å². The maximum Gasteiger partial charge on any atom is 0.229 e. The van der Waals surface area contributed by atoms with E-state index < -0.39 is 0 Å². The molecule has 0 N–H and O–H groups in total. The Bertz CT molecular complexity index is 354. The summed E-state index contributed by atoms with van der Waals surface area (Å²) in [4.78, 5) is 7.80. The van der Waals surface area contributed by atoms with Crippen molar-refractivity contribution in [2.24, 2.45) is 0 Å². The first kappa shape index (κ1) is 8.71. The van der Waals surface area contributed by atoms with Crippen LogP contribution >= 0.6 is 0 Å². The molecule has 0 aromatic carbocycles. The van der Waals surface area contributed by atoms with E-state index in [2.05, 4.69) is 9.97 Å². The highest BCUT2D eigenvalue weighted by atomic mass is 16.3. The van der Waals surface area contributed by atoms with Crippen molar-refractivity contribution in [1.29, 1.82) is 0 Å². The number of aromatic nitrogens is 2. The lowest BCUT2D eigenvalue weighted by Crippen LogP contribution is -1.75. The highest BCUT2D eigenvalue weighted by Crippen LogP contribution is 2.15. The molecule has 2 heterocycles. The van der Waals surface area contributed by atoms with Crippen molar-refractivity contribution in [3.63, 3.8) is 0 Å². The predicted molar refractivity (Wildman–Crippen MR) is 47.9 cm³/mol. The zero-order valence-corrected chi connectivity index (χ0v) is 7.53. The van der Waals surface area contributed by atoms with E-state index in [1.54, 1.807) is 12.5 Å². The van der Waals surface area contributed by atoms with Crippen molar-refractivity contribution in [3.8, 4) is 0 Å². The summed E-state index contributed by atoms with van der Waals surface area (Å²) >= 11 is 0. The molecule has 64 valence electrons. The van der Waals surface area contributed by atoms with Crippen molar-refractivity contribution < 1.29 is 4.42 Å². The Morgan fingerprint density at radius 2 is 2.08 bits per heavy atom. The van der Waals surface area contributed by atoms with Crippen molar-refractivity contribution in [2.75, 3.05) is 0 Å². The Morgan fingerprint density at radius 3 is 2.75 bits per heavy atom. The molecule has 2 aromatic rings. The third-order valence-corrected chi connectivity index (χ3v) is 1.45. The number of aryl methyl sites for hydroxylation is 1. The molecular formula is C9H12N2O. The molecule has 0 bridgehead atoms. The monoisotopic (exact) mass is 164 g/mol. The van der Waals surface area contributed by atoms with Gasteiger partial charge in [0, 0.05) is 6.20 Å². The number of nitrogens with zero attached hydrogens (tertiary/aromatic N) is 2. The quantitative estimate of drug-likeness (QED) is 0.600. The van der Waals surface area contributed by atoms with Crippen molar-refractivity contribution >= 4 is 11.1 Å². The average Bonchev–Trinajstić information content (AvgIpc) is 2.53. The van der Waals surface area contributed by atoms with Gasteiger partial charge in [-0.05, 0) is 12.5 Å². The fraction of sp³-hybridized carbons (Fsp3) is 0.333. The Morgan fingerprint density at radius 1 is 1.33 bits per heavy atom. The maximum absolute atomic E-state index is 5.10. The van der Waals surface area contributed by atoms with E-state index in [-0.39, 0.29) is 0 Å². The van der Waals surface area contributed by atoms with E-state index in [0.29, 0.717) is 5.71 Å². The Balaban J connectivity index is 0.000000336. The van der Waals surface area contributed by atoms with Crippen LogP contribution in [0.4, 0.5) is 0 Å². The van der Waals surface area contributed by atoms with Gasteiger partial charge in [-0.2, -0.15) is 0 Å². The van der Waals surface area contributed by atoms with Gasteiger partial charge in [-0.1, -0.05) is 13.8 Å². The van der Waals surface area contributed by atoms with Gasteiger partial charge in [-0.25, -0.2) is 9.97 Å². The standard InChI is InChI=1S/C7H6N2O.C2H6/c1-5-3-10-7-6(5)2-8-4-9-7;1-2/h2-4H,1H3;1-2H3. The molecule has 12 heavy (non-hydrogen) atoms. The van der Waals surface area contributed by atoms with E-state index in [9.17, 15) is 0 Å². The van der Waals surface area contributed by atoms with Gasteiger partial charge in [0.1, 0.15) is 6.33 Å². The zero-order chi connectivity index (χ0) is 8.97. The summed E-state index contributed by atoms with van der Waals surface area (Å²) in [6.07, 6.45) is 4.91. The number of hydrogen-bond acceptors (Lipinski definition) is 3. The van der Waals surface area contributed by atoms with Crippen molar-refractivity contribution in [2.45, 2.75) is 20.8 Å². The van der Waals surface area contributed by atoms with Crippen LogP contribution < -0.4 is 0 Å². The Hall–Kier alpha value is -1.38. The molecule has 3 nitrogen and oxygen atoms in total. The van der Waals surface area contributed by atoms with E-state index >= 15 is 0 Å². The first-order valence-corrected chi connectivity index (χ1v) is 4.02. The smallest absolute Gasteiger partial charge is 0.229 e. The first-order chi connectivity index (χ1) is 5.88. The molecule has 0 unspecified atom stereocenters. The average molecular weight is 164 g/mol. The van der Waals surface area contributed by atoms with Gasteiger partial charge in [-0.3, -0.25) is 0 Å². The van der Waals surface area contributed by atoms with Gasteiger partial charge in [0.15, 0.2) is 0 Å². The van der Waals surface area contributed by atoms with Crippen LogP contribution in [-0.2, 0) is 0 Å². The maximum atomic E-state index is 5.10. The highest BCUT2D eigenvalue weighted by molar-refractivity contribution is 5.75. The summed E-state index contributed by atoms with van der Waals surface area (Å²) < 4.78 is 5.10. The lowest BCUT2D eigenvalue weighted by molar-refractivity contribution is 0.600. The predicted octanol–water partition coefficient (Wildman–Crippen LogP) is 2.56. The fourth-order valence-electron chi connectivity index (χ4n) is 0.890. The van der Waals surface area contributed by atoms with Crippen LogP contribution in [0.25, 0.3) is 11.1 Å². The molecule has 0 aliphatic heterocycles. The summed E-state index contributed by atoms with van der Waals surface area (Å²) in [5, 5.41) is 0.988. The zero-order valence-electron chi connectivity index (χ0n) is 7.53. The van der Waals surface area contributed by atoms with Crippen LogP contribution in [0.5, 0.6) is 0 Å². The molecule has 2 rings (SSSR count). The molecule has 0 aliphatic rings. The minimum absolute atomic E-state index is 0.660. The van der Waals surface area contributed by atoms with Gasteiger partial charge in [0.25, 0.3) is 0 Å². The summed E-state index contributed by atoms with van der Waals surface area (Å²) in [5.74, 6) is 0. The first-order valence-electron chi connectivity index (χ1n) is 4.02. The third-order valence-electron chi connectivity index (χ3n) is 1.45. The largest absolute Gasteiger partial charge is 0.446 e. The minimum Gasteiger partial charge on any atom is -0.446 e. The molecule has 0 amide bonds. The minimum atomic E-state index is 0.660. The number of fused-ring (bicyclic) bond motifs is 1. The molecule has 0 aliphatic carbocycles. The Kier molecular flexibility index (Phi) is 2.80. The van der Waals surface area contributed by atoms with E-state index in [4.69, 9.17) is 4.42 Å². The molecule has 2 aromatic heterocycles.